The largest absolute Gasteiger partial charge is 0.223 e. The van der Waals surface area contributed by atoms with Gasteiger partial charge in [0, 0.05) is 9.49 Å². The van der Waals surface area contributed by atoms with Gasteiger partial charge in [0.05, 0.1) is 4.90 Å². The lowest BCUT2D eigenvalue weighted by atomic mass is 9.91. The molecule has 2 aromatic rings. The first kappa shape index (κ1) is 16.1. The van der Waals surface area contributed by atoms with E-state index in [-0.39, 0.29) is 10.8 Å². The zero-order chi connectivity index (χ0) is 17.1. The van der Waals surface area contributed by atoms with Crippen molar-refractivity contribution in [3.63, 3.8) is 0 Å². The highest BCUT2D eigenvalue weighted by Gasteiger charge is 2.76. The Morgan fingerprint density at radius 1 is 1.17 bits per heavy atom. The molecule has 3 unspecified atom stereocenters. The summed E-state index contributed by atoms with van der Waals surface area (Å²) < 4.78 is 39.6. The summed E-state index contributed by atoms with van der Waals surface area (Å²) in [6.07, 6.45) is 1.35. The van der Waals surface area contributed by atoms with E-state index in [4.69, 9.17) is 0 Å². The second-order valence-electron chi connectivity index (χ2n) is 6.25. The predicted octanol–water partition coefficient (Wildman–Crippen LogP) is 3.81. The molecule has 0 heterocycles. The first-order valence-corrected chi connectivity index (χ1v) is 10.1. The average Bonchev–Trinajstić information content (AvgIpc) is 3.25. The standard InChI is InChI=1S/C17H13FINO3S/c18-11-2-5-13(6-3-11)24(22,23)17-14-8-4-12(19)9-10(14)1-7-15(17)16(17)20-21/h2-6,8-9,15-16H,1,7H2. The number of nitrogens with zero attached hydrogens (tertiary/aromatic N) is 1. The highest BCUT2D eigenvalue weighted by atomic mass is 127. The lowest BCUT2D eigenvalue weighted by molar-refractivity contribution is 0.553. The summed E-state index contributed by atoms with van der Waals surface area (Å²) in [5, 5.41) is 3.14. The summed E-state index contributed by atoms with van der Waals surface area (Å²) in [7, 11) is -3.85. The fourth-order valence-corrected chi connectivity index (χ4v) is 7.10. The Kier molecular flexibility index (Phi) is 3.58. The van der Waals surface area contributed by atoms with E-state index in [9.17, 15) is 17.7 Å². The van der Waals surface area contributed by atoms with Crippen LogP contribution in [0.15, 0.2) is 52.5 Å². The lowest BCUT2D eigenvalue weighted by Crippen LogP contribution is -2.29. The highest BCUT2D eigenvalue weighted by molar-refractivity contribution is 14.1. The van der Waals surface area contributed by atoms with Crippen LogP contribution in [0.2, 0.25) is 0 Å². The van der Waals surface area contributed by atoms with E-state index in [1.54, 1.807) is 6.07 Å². The molecule has 0 saturated heterocycles. The van der Waals surface area contributed by atoms with E-state index in [1.807, 2.05) is 12.1 Å². The first-order chi connectivity index (χ1) is 11.4. The predicted molar refractivity (Wildman–Crippen MR) is 95.8 cm³/mol. The van der Waals surface area contributed by atoms with E-state index >= 15 is 0 Å². The molecule has 1 saturated carbocycles. The van der Waals surface area contributed by atoms with Gasteiger partial charge in [0.1, 0.15) is 16.6 Å². The number of aryl methyl sites for hydroxylation is 1. The topological polar surface area (TPSA) is 63.6 Å². The molecule has 0 bridgehead atoms. The molecule has 24 heavy (non-hydrogen) atoms. The third kappa shape index (κ3) is 1.97. The molecule has 2 aliphatic rings. The molecule has 0 spiro atoms. The number of rotatable bonds is 3. The molecule has 4 nitrogen and oxygen atoms in total. The van der Waals surface area contributed by atoms with Crippen molar-refractivity contribution in [3.8, 4) is 0 Å². The third-order valence-electron chi connectivity index (χ3n) is 5.16. The molecule has 0 amide bonds. The van der Waals surface area contributed by atoms with Gasteiger partial charge in [-0.15, -0.1) is 0 Å². The molecule has 2 aromatic carbocycles. The van der Waals surface area contributed by atoms with Gasteiger partial charge < -0.3 is 0 Å². The molecule has 0 radical (unpaired) electrons. The maximum Gasteiger partial charge on any atom is 0.190 e. The Labute approximate surface area is 152 Å². The van der Waals surface area contributed by atoms with E-state index in [0.29, 0.717) is 12.0 Å². The number of sulfone groups is 1. The van der Waals surface area contributed by atoms with Crippen LogP contribution in [0.3, 0.4) is 0 Å². The smallest absolute Gasteiger partial charge is 0.190 e. The zero-order valence-electron chi connectivity index (χ0n) is 12.4. The summed E-state index contributed by atoms with van der Waals surface area (Å²) in [5.74, 6) is -0.805. The summed E-state index contributed by atoms with van der Waals surface area (Å²) >= 11 is 2.19. The van der Waals surface area contributed by atoms with Gasteiger partial charge in [0.15, 0.2) is 9.84 Å². The Balaban J connectivity index is 1.95. The van der Waals surface area contributed by atoms with Crippen LogP contribution in [0.4, 0.5) is 4.39 Å². The van der Waals surface area contributed by atoms with Crippen molar-refractivity contribution in [3.05, 3.63) is 67.9 Å². The molecule has 2 aliphatic carbocycles. The molecule has 0 aliphatic heterocycles. The minimum absolute atomic E-state index is 0.0338. The van der Waals surface area contributed by atoms with Crippen molar-refractivity contribution in [2.45, 2.75) is 28.5 Å². The molecule has 0 aromatic heterocycles. The van der Waals surface area contributed by atoms with E-state index in [0.717, 1.165) is 27.7 Å². The minimum atomic E-state index is -3.85. The first-order valence-electron chi connectivity index (χ1n) is 7.54. The van der Waals surface area contributed by atoms with Crippen LogP contribution in [0.1, 0.15) is 17.5 Å². The molecule has 4 rings (SSSR count). The monoisotopic (exact) mass is 457 g/mol. The average molecular weight is 457 g/mol. The van der Waals surface area contributed by atoms with Gasteiger partial charge in [-0.2, -0.15) is 4.91 Å². The van der Waals surface area contributed by atoms with Gasteiger partial charge in [-0.3, -0.25) is 0 Å². The minimum Gasteiger partial charge on any atom is -0.223 e. The third-order valence-corrected chi connectivity index (χ3v) is 8.37. The Morgan fingerprint density at radius 3 is 2.54 bits per heavy atom. The normalized spacial score (nSPS) is 27.9. The fraction of sp³-hybridized carbons (Fsp3) is 0.294. The second kappa shape index (κ2) is 5.32. The molecule has 0 N–H and O–H groups in total. The highest BCUT2D eigenvalue weighted by Crippen LogP contribution is 2.66. The number of hydrogen-bond donors (Lipinski definition) is 0. The maximum absolute atomic E-state index is 13.4. The van der Waals surface area contributed by atoms with Gasteiger partial charge >= 0.3 is 0 Å². The van der Waals surface area contributed by atoms with Crippen molar-refractivity contribution in [1.29, 1.82) is 0 Å². The Morgan fingerprint density at radius 2 is 1.88 bits per heavy atom. The Hall–Kier alpha value is -1.35. The number of halogens is 2. The van der Waals surface area contributed by atoms with Gasteiger partial charge in [-0.25, -0.2) is 12.8 Å². The van der Waals surface area contributed by atoms with Crippen molar-refractivity contribution >= 4 is 32.4 Å². The van der Waals surface area contributed by atoms with Gasteiger partial charge in [0.25, 0.3) is 0 Å². The van der Waals surface area contributed by atoms with Crippen LogP contribution in [0.5, 0.6) is 0 Å². The summed E-state index contributed by atoms with van der Waals surface area (Å²) in [6, 6.07) is 9.61. The lowest BCUT2D eigenvalue weighted by Gasteiger charge is -2.25. The van der Waals surface area contributed by atoms with Crippen LogP contribution >= 0.6 is 22.6 Å². The second-order valence-corrected chi connectivity index (χ2v) is 9.65. The van der Waals surface area contributed by atoms with E-state index in [1.165, 1.54) is 12.1 Å². The number of fused-ring (bicyclic) bond motifs is 3. The van der Waals surface area contributed by atoms with Crippen LogP contribution in [0.25, 0.3) is 0 Å². The number of benzene rings is 2. The molecule has 3 atom stereocenters. The maximum atomic E-state index is 13.4. The summed E-state index contributed by atoms with van der Waals surface area (Å²) in [6.45, 7) is 0. The van der Waals surface area contributed by atoms with Crippen molar-refractivity contribution in [2.24, 2.45) is 11.1 Å². The zero-order valence-corrected chi connectivity index (χ0v) is 15.4. The summed E-state index contributed by atoms with van der Waals surface area (Å²) in [4.78, 5) is 11.4. The van der Waals surface area contributed by atoms with Crippen molar-refractivity contribution in [2.75, 3.05) is 0 Å². The van der Waals surface area contributed by atoms with Crippen LogP contribution in [0, 0.1) is 20.2 Å². The Bertz CT molecular complexity index is 945. The van der Waals surface area contributed by atoms with Crippen molar-refractivity contribution < 1.29 is 12.8 Å². The quantitative estimate of drug-likeness (QED) is 0.400. The van der Waals surface area contributed by atoms with E-state index < -0.39 is 26.4 Å². The SMILES string of the molecule is O=NC1C2CCc3cc(I)ccc3C21S(=O)(=O)c1ccc(F)cc1. The van der Waals surface area contributed by atoms with Crippen LogP contribution < -0.4 is 0 Å². The molecular weight excluding hydrogens is 444 g/mol. The van der Waals surface area contributed by atoms with Crippen LogP contribution in [-0.4, -0.2) is 14.5 Å². The van der Waals surface area contributed by atoms with E-state index in [2.05, 4.69) is 27.8 Å². The van der Waals surface area contributed by atoms with Gasteiger partial charge in [-0.1, -0.05) is 11.2 Å². The van der Waals surface area contributed by atoms with Crippen LogP contribution in [-0.2, 0) is 21.0 Å². The molecule has 1 fully saturated rings. The number of nitroso groups, excluding NO2 is 1. The fourth-order valence-electron chi connectivity index (χ4n) is 4.07. The van der Waals surface area contributed by atoms with Gasteiger partial charge in [0.2, 0.25) is 0 Å². The van der Waals surface area contributed by atoms with Crippen molar-refractivity contribution in [1.82, 2.24) is 0 Å². The molecular formula is C17H13FINO3S. The van der Waals surface area contributed by atoms with Gasteiger partial charge in [-0.05, 0) is 83.0 Å². The summed E-state index contributed by atoms with van der Waals surface area (Å²) in [5.41, 5.74) is 1.63. The molecule has 124 valence electrons. The number of hydrogen-bond acceptors (Lipinski definition) is 4. The molecule has 7 heteroatoms.